The summed E-state index contributed by atoms with van der Waals surface area (Å²) in [5, 5.41) is 0. The van der Waals surface area contributed by atoms with E-state index in [2.05, 4.69) is 0 Å². The van der Waals surface area contributed by atoms with Crippen LogP contribution in [0, 0.1) is 0 Å². The number of methoxy groups -OCH3 is 1. The number of carbonyl (C=O) groups is 1. The van der Waals surface area contributed by atoms with Crippen molar-refractivity contribution < 1.29 is 19.0 Å². The van der Waals surface area contributed by atoms with Crippen LogP contribution < -0.4 is 5.73 Å². The molecule has 2 N–H and O–H groups in total. The van der Waals surface area contributed by atoms with Crippen LogP contribution in [0.1, 0.15) is 47.0 Å². The quantitative estimate of drug-likeness (QED) is 0.692. The van der Waals surface area contributed by atoms with Crippen molar-refractivity contribution in [2.24, 2.45) is 5.73 Å². The lowest BCUT2D eigenvalue weighted by atomic mass is 9.99. The molecule has 18 heavy (non-hydrogen) atoms. The predicted octanol–water partition coefficient (Wildman–Crippen LogP) is 2.47. The standard InChI is InChI=1S/C13H27NO4/c1-6-13(4,18-11(14)15)8-10-17-12(2,3)7-9-16-5/h6-10H2,1-5H3,(H2,14,15). The number of carbonyl (C=O) groups excluding carboxylic acids is 1. The smallest absolute Gasteiger partial charge is 0.405 e. The van der Waals surface area contributed by atoms with Gasteiger partial charge in [-0.2, -0.15) is 0 Å². The van der Waals surface area contributed by atoms with Crippen molar-refractivity contribution in [3.8, 4) is 0 Å². The molecule has 0 fully saturated rings. The van der Waals surface area contributed by atoms with E-state index in [1.54, 1.807) is 7.11 Å². The van der Waals surface area contributed by atoms with Gasteiger partial charge in [0.2, 0.25) is 0 Å². The van der Waals surface area contributed by atoms with Gasteiger partial charge in [0, 0.05) is 20.1 Å². The molecule has 0 aliphatic rings. The van der Waals surface area contributed by atoms with E-state index in [1.165, 1.54) is 0 Å². The minimum absolute atomic E-state index is 0.239. The van der Waals surface area contributed by atoms with Gasteiger partial charge in [0.25, 0.3) is 0 Å². The van der Waals surface area contributed by atoms with Gasteiger partial charge in [-0.3, -0.25) is 0 Å². The Morgan fingerprint density at radius 3 is 2.22 bits per heavy atom. The van der Waals surface area contributed by atoms with Crippen LogP contribution in [-0.4, -0.2) is 37.6 Å². The molecular formula is C13H27NO4. The Hall–Kier alpha value is -0.810. The molecular weight excluding hydrogens is 234 g/mol. The second-order valence-corrected chi connectivity index (χ2v) is 5.33. The fourth-order valence-corrected chi connectivity index (χ4v) is 1.51. The summed E-state index contributed by atoms with van der Waals surface area (Å²) >= 11 is 0. The molecule has 0 saturated heterocycles. The molecule has 0 aromatic carbocycles. The SMILES string of the molecule is CCC(C)(CCOC(C)(C)CCOC)OC(N)=O. The number of ether oxygens (including phenoxy) is 3. The number of rotatable bonds is 9. The molecule has 108 valence electrons. The summed E-state index contributed by atoms with van der Waals surface area (Å²) < 4.78 is 15.9. The highest BCUT2D eigenvalue weighted by Crippen LogP contribution is 2.22. The summed E-state index contributed by atoms with van der Waals surface area (Å²) in [5.74, 6) is 0. The third kappa shape index (κ3) is 7.50. The van der Waals surface area contributed by atoms with Crippen LogP contribution >= 0.6 is 0 Å². The topological polar surface area (TPSA) is 70.8 Å². The molecule has 5 heteroatoms. The first-order chi connectivity index (χ1) is 8.24. The van der Waals surface area contributed by atoms with Gasteiger partial charge in [0.15, 0.2) is 0 Å². The Bertz CT molecular complexity index is 255. The van der Waals surface area contributed by atoms with Crippen LogP contribution in [0.15, 0.2) is 0 Å². The summed E-state index contributed by atoms with van der Waals surface area (Å²) in [5.41, 5.74) is 4.27. The van der Waals surface area contributed by atoms with Gasteiger partial charge in [-0.25, -0.2) is 4.79 Å². The van der Waals surface area contributed by atoms with Crippen molar-refractivity contribution >= 4 is 6.09 Å². The number of amides is 1. The molecule has 1 amide bonds. The van der Waals surface area contributed by atoms with Crippen molar-refractivity contribution in [3.05, 3.63) is 0 Å². The van der Waals surface area contributed by atoms with Crippen LogP contribution in [0.3, 0.4) is 0 Å². The molecule has 0 aliphatic carbocycles. The molecule has 1 unspecified atom stereocenters. The Labute approximate surface area is 110 Å². The molecule has 0 rings (SSSR count). The molecule has 0 heterocycles. The van der Waals surface area contributed by atoms with Crippen LogP contribution in [0.2, 0.25) is 0 Å². The zero-order chi connectivity index (χ0) is 14.2. The molecule has 0 radical (unpaired) electrons. The Kier molecular flexibility index (Phi) is 7.25. The highest BCUT2D eigenvalue weighted by atomic mass is 16.6. The number of hydrogen-bond acceptors (Lipinski definition) is 4. The van der Waals surface area contributed by atoms with Gasteiger partial charge in [-0.05, 0) is 33.6 Å². The first-order valence-corrected chi connectivity index (χ1v) is 6.36. The number of primary amides is 1. The van der Waals surface area contributed by atoms with Crippen molar-refractivity contribution in [1.82, 2.24) is 0 Å². The average Bonchev–Trinajstić information content (AvgIpc) is 2.25. The molecule has 0 bridgehead atoms. The summed E-state index contributed by atoms with van der Waals surface area (Å²) in [4.78, 5) is 10.8. The largest absolute Gasteiger partial charge is 0.443 e. The first-order valence-electron chi connectivity index (χ1n) is 6.36. The molecule has 0 saturated carbocycles. The lowest BCUT2D eigenvalue weighted by Crippen LogP contribution is -2.36. The third-order valence-electron chi connectivity index (χ3n) is 3.13. The molecule has 0 aromatic rings. The summed E-state index contributed by atoms with van der Waals surface area (Å²) in [6, 6.07) is 0. The number of nitrogens with two attached hydrogens (primary N) is 1. The maximum Gasteiger partial charge on any atom is 0.405 e. The van der Waals surface area contributed by atoms with E-state index in [4.69, 9.17) is 19.9 Å². The van der Waals surface area contributed by atoms with E-state index in [-0.39, 0.29) is 5.60 Å². The van der Waals surface area contributed by atoms with Gasteiger partial charge < -0.3 is 19.9 Å². The minimum Gasteiger partial charge on any atom is -0.443 e. The second kappa shape index (κ2) is 7.59. The van der Waals surface area contributed by atoms with E-state index >= 15 is 0 Å². The minimum atomic E-state index is -0.738. The van der Waals surface area contributed by atoms with Gasteiger partial charge >= 0.3 is 6.09 Å². The van der Waals surface area contributed by atoms with Crippen LogP contribution in [-0.2, 0) is 14.2 Å². The lowest BCUT2D eigenvalue weighted by molar-refractivity contribution is -0.0646. The second-order valence-electron chi connectivity index (χ2n) is 5.33. The van der Waals surface area contributed by atoms with Crippen molar-refractivity contribution in [3.63, 3.8) is 0 Å². The first kappa shape index (κ1) is 17.2. The van der Waals surface area contributed by atoms with Crippen LogP contribution in [0.5, 0.6) is 0 Å². The lowest BCUT2D eigenvalue weighted by Gasteiger charge is -2.30. The number of hydrogen-bond donors (Lipinski definition) is 1. The summed E-state index contributed by atoms with van der Waals surface area (Å²) in [6.45, 7) is 9.04. The molecule has 0 aliphatic heterocycles. The van der Waals surface area contributed by atoms with Crippen molar-refractivity contribution in [2.45, 2.75) is 58.2 Å². The van der Waals surface area contributed by atoms with Crippen LogP contribution in [0.25, 0.3) is 0 Å². The molecule has 0 aromatic heterocycles. The van der Waals surface area contributed by atoms with Crippen molar-refractivity contribution in [1.29, 1.82) is 0 Å². The maximum absolute atomic E-state index is 10.8. The molecule has 5 nitrogen and oxygen atoms in total. The van der Waals surface area contributed by atoms with Gasteiger partial charge in [-0.15, -0.1) is 0 Å². The Balaban J connectivity index is 4.10. The predicted molar refractivity (Wildman–Crippen MR) is 70.5 cm³/mol. The van der Waals surface area contributed by atoms with E-state index in [0.29, 0.717) is 26.1 Å². The monoisotopic (exact) mass is 261 g/mol. The zero-order valence-electron chi connectivity index (χ0n) is 12.2. The highest BCUT2D eigenvalue weighted by Gasteiger charge is 2.27. The third-order valence-corrected chi connectivity index (χ3v) is 3.13. The fourth-order valence-electron chi connectivity index (χ4n) is 1.51. The van der Waals surface area contributed by atoms with Gasteiger partial charge in [0.1, 0.15) is 5.60 Å². The fraction of sp³-hybridized carbons (Fsp3) is 0.923. The van der Waals surface area contributed by atoms with Crippen LogP contribution in [0.4, 0.5) is 4.79 Å². The van der Waals surface area contributed by atoms with E-state index in [1.807, 2.05) is 27.7 Å². The zero-order valence-corrected chi connectivity index (χ0v) is 12.2. The normalized spacial score (nSPS) is 15.2. The highest BCUT2D eigenvalue weighted by molar-refractivity contribution is 5.65. The van der Waals surface area contributed by atoms with E-state index in [0.717, 1.165) is 6.42 Å². The van der Waals surface area contributed by atoms with E-state index in [9.17, 15) is 4.79 Å². The Morgan fingerprint density at radius 2 is 1.78 bits per heavy atom. The van der Waals surface area contributed by atoms with Gasteiger partial charge in [-0.1, -0.05) is 6.92 Å². The van der Waals surface area contributed by atoms with Crippen molar-refractivity contribution in [2.75, 3.05) is 20.3 Å². The summed E-state index contributed by atoms with van der Waals surface area (Å²) in [6.07, 6.45) is 1.42. The molecule has 0 spiro atoms. The molecule has 1 atom stereocenters. The van der Waals surface area contributed by atoms with E-state index < -0.39 is 11.7 Å². The van der Waals surface area contributed by atoms with Gasteiger partial charge in [0.05, 0.1) is 12.2 Å². The maximum atomic E-state index is 10.8. The Morgan fingerprint density at radius 1 is 1.17 bits per heavy atom. The summed E-state index contributed by atoms with van der Waals surface area (Å²) in [7, 11) is 1.67. The average molecular weight is 261 g/mol.